The lowest BCUT2D eigenvalue weighted by molar-refractivity contribution is -0.578. The summed E-state index contributed by atoms with van der Waals surface area (Å²) >= 11 is 0. The van der Waals surface area contributed by atoms with E-state index in [0.717, 1.165) is 0 Å². The lowest BCUT2D eigenvalue weighted by Crippen LogP contribution is -2.25. The van der Waals surface area contributed by atoms with Gasteiger partial charge in [0.15, 0.2) is 0 Å². The minimum atomic E-state index is 0.276. The van der Waals surface area contributed by atoms with Crippen LogP contribution in [0.4, 0.5) is 5.69 Å². The predicted molar refractivity (Wildman–Crippen MR) is 42.7 cm³/mol. The number of nitrogens with one attached hydrogen (secondary N) is 1. The number of fused-ring (bicyclic) bond motifs is 1. The van der Waals surface area contributed by atoms with Crippen LogP contribution in [0.1, 0.15) is 0 Å². The number of aromatic amines is 1. The van der Waals surface area contributed by atoms with E-state index >= 15 is 0 Å². The highest BCUT2D eigenvalue weighted by Crippen LogP contribution is 2.21. The molecule has 2 heterocycles. The molecule has 0 saturated heterocycles. The Hall–Kier alpha value is -1.91. The molecule has 5 nitrogen and oxygen atoms in total. The van der Waals surface area contributed by atoms with Crippen LogP contribution in [0, 0.1) is 10.1 Å². The zero-order chi connectivity index (χ0) is 8.55. The summed E-state index contributed by atoms with van der Waals surface area (Å²) in [6, 6.07) is 3.02. The SMILES string of the molecule is O=Nc1cc[n+]([O-])c2[nH]ccc12. The van der Waals surface area contributed by atoms with Crippen molar-refractivity contribution in [3.63, 3.8) is 0 Å². The van der Waals surface area contributed by atoms with Crippen LogP contribution < -0.4 is 4.73 Å². The molecule has 2 rings (SSSR count). The first kappa shape index (κ1) is 6.78. The summed E-state index contributed by atoms with van der Waals surface area (Å²) in [7, 11) is 0. The summed E-state index contributed by atoms with van der Waals surface area (Å²) in [5, 5.41) is 14.4. The lowest BCUT2D eigenvalue weighted by Gasteiger charge is -2.00. The molecule has 2 aromatic heterocycles. The predicted octanol–water partition coefficient (Wildman–Crippen LogP) is 1.20. The summed E-state index contributed by atoms with van der Waals surface area (Å²) in [6.45, 7) is 0. The first-order valence-electron chi connectivity index (χ1n) is 3.35. The van der Waals surface area contributed by atoms with Gasteiger partial charge in [-0.15, -0.1) is 4.91 Å². The summed E-state index contributed by atoms with van der Waals surface area (Å²) < 4.78 is 0.657. The maximum absolute atomic E-state index is 11.0. The normalized spacial score (nSPS) is 10.3. The Morgan fingerprint density at radius 1 is 1.50 bits per heavy atom. The van der Waals surface area contributed by atoms with Crippen LogP contribution in [0.15, 0.2) is 29.7 Å². The van der Waals surface area contributed by atoms with Gasteiger partial charge in [-0.1, -0.05) is 0 Å². The van der Waals surface area contributed by atoms with Crippen LogP contribution in [0.5, 0.6) is 0 Å². The van der Waals surface area contributed by atoms with Crippen molar-refractivity contribution in [2.75, 3.05) is 0 Å². The van der Waals surface area contributed by atoms with Crippen molar-refractivity contribution in [3.05, 3.63) is 34.6 Å². The van der Waals surface area contributed by atoms with Crippen molar-refractivity contribution in [2.45, 2.75) is 0 Å². The van der Waals surface area contributed by atoms with E-state index in [-0.39, 0.29) is 5.69 Å². The average molecular weight is 163 g/mol. The van der Waals surface area contributed by atoms with Crippen molar-refractivity contribution in [1.29, 1.82) is 0 Å². The fourth-order valence-electron chi connectivity index (χ4n) is 1.13. The highest BCUT2D eigenvalue weighted by atomic mass is 16.5. The summed E-state index contributed by atoms with van der Waals surface area (Å²) in [6.07, 6.45) is 2.84. The van der Waals surface area contributed by atoms with E-state index < -0.39 is 0 Å². The number of nitroso groups, excluding NO2 is 1. The fraction of sp³-hybridized carbons (Fsp3) is 0. The first-order chi connectivity index (χ1) is 5.83. The Kier molecular flexibility index (Phi) is 1.30. The topological polar surface area (TPSA) is 72.2 Å². The highest BCUT2D eigenvalue weighted by Gasteiger charge is 2.08. The van der Waals surface area contributed by atoms with Gasteiger partial charge >= 0.3 is 0 Å². The maximum atomic E-state index is 11.0. The Labute approximate surface area is 67.2 Å². The van der Waals surface area contributed by atoms with Crippen molar-refractivity contribution < 1.29 is 4.73 Å². The number of pyridine rings is 1. The Morgan fingerprint density at radius 2 is 2.33 bits per heavy atom. The van der Waals surface area contributed by atoms with Gasteiger partial charge in [-0.2, -0.15) is 0 Å². The van der Waals surface area contributed by atoms with Gasteiger partial charge < -0.3 is 5.21 Å². The van der Waals surface area contributed by atoms with E-state index in [9.17, 15) is 10.1 Å². The van der Waals surface area contributed by atoms with Crippen molar-refractivity contribution in [2.24, 2.45) is 5.18 Å². The minimum absolute atomic E-state index is 0.276. The Balaban J connectivity index is 2.91. The molecule has 0 aliphatic heterocycles. The van der Waals surface area contributed by atoms with Gasteiger partial charge in [0, 0.05) is 6.07 Å². The smallest absolute Gasteiger partial charge is 0.291 e. The van der Waals surface area contributed by atoms with Crippen LogP contribution >= 0.6 is 0 Å². The molecule has 0 spiro atoms. The summed E-state index contributed by atoms with van der Waals surface area (Å²) in [5.74, 6) is 0. The second-order valence-electron chi connectivity index (χ2n) is 2.36. The van der Waals surface area contributed by atoms with Crippen molar-refractivity contribution >= 4 is 16.7 Å². The molecule has 0 saturated carbocycles. The molecule has 0 aliphatic rings. The first-order valence-corrected chi connectivity index (χ1v) is 3.35. The highest BCUT2D eigenvalue weighted by molar-refractivity contribution is 5.85. The van der Waals surface area contributed by atoms with Gasteiger partial charge in [0.25, 0.3) is 5.65 Å². The van der Waals surface area contributed by atoms with Gasteiger partial charge in [0.1, 0.15) is 5.69 Å². The maximum Gasteiger partial charge on any atom is 0.291 e. The molecule has 2 aromatic rings. The van der Waals surface area contributed by atoms with Gasteiger partial charge in [-0.25, -0.2) is 9.71 Å². The number of nitrogens with zero attached hydrogens (tertiary/aromatic N) is 2. The number of hydrogen-bond donors (Lipinski definition) is 1. The third-order valence-corrected chi connectivity index (χ3v) is 1.69. The van der Waals surface area contributed by atoms with Crippen LogP contribution in [-0.4, -0.2) is 4.98 Å². The quantitative estimate of drug-likeness (QED) is 0.389. The molecule has 0 radical (unpaired) electrons. The zero-order valence-corrected chi connectivity index (χ0v) is 6.02. The molecule has 60 valence electrons. The van der Waals surface area contributed by atoms with E-state index in [1.54, 1.807) is 12.3 Å². The van der Waals surface area contributed by atoms with Crippen LogP contribution in [0.2, 0.25) is 0 Å². The molecule has 0 bridgehead atoms. The largest absolute Gasteiger partial charge is 0.711 e. The molecule has 12 heavy (non-hydrogen) atoms. The Morgan fingerprint density at radius 3 is 3.08 bits per heavy atom. The van der Waals surface area contributed by atoms with Gasteiger partial charge in [-0.05, 0) is 11.2 Å². The van der Waals surface area contributed by atoms with Gasteiger partial charge in [0.05, 0.1) is 17.8 Å². The second-order valence-corrected chi connectivity index (χ2v) is 2.36. The average Bonchev–Trinajstić information content (AvgIpc) is 2.54. The van der Waals surface area contributed by atoms with Crippen LogP contribution in [0.3, 0.4) is 0 Å². The number of rotatable bonds is 1. The fourth-order valence-corrected chi connectivity index (χ4v) is 1.13. The molecule has 1 N–H and O–H groups in total. The lowest BCUT2D eigenvalue weighted by atomic mass is 10.3. The molecular weight excluding hydrogens is 158 g/mol. The molecule has 0 aromatic carbocycles. The molecule has 0 amide bonds. The summed E-state index contributed by atoms with van der Waals surface area (Å²) in [5.41, 5.74) is 0.630. The Bertz CT molecular complexity index is 435. The second kappa shape index (κ2) is 2.30. The molecule has 0 fully saturated rings. The van der Waals surface area contributed by atoms with E-state index in [0.29, 0.717) is 15.8 Å². The van der Waals surface area contributed by atoms with E-state index in [2.05, 4.69) is 10.2 Å². The minimum Gasteiger partial charge on any atom is -0.711 e. The third-order valence-electron chi connectivity index (χ3n) is 1.69. The van der Waals surface area contributed by atoms with Crippen LogP contribution in [0.25, 0.3) is 11.0 Å². The number of hydrogen-bond acceptors (Lipinski definition) is 3. The number of aromatic nitrogens is 2. The molecule has 0 atom stereocenters. The molecular formula is C7H5N3O2. The summed E-state index contributed by atoms with van der Waals surface area (Å²) in [4.78, 5) is 13.0. The van der Waals surface area contributed by atoms with Gasteiger partial charge in [-0.3, -0.25) is 0 Å². The van der Waals surface area contributed by atoms with Crippen molar-refractivity contribution in [3.8, 4) is 0 Å². The van der Waals surface area contributed by atoms with E-state index in [4.69, 9.17) is 0 Å². The number of H-pyrrole nitrogens is 1. The standard InChI is InChI=1S/C7H5N3O2/c11-9-6-2-4-10(12)7-5(6)1-3-8-7/h1-4,8H. The van der Waals surface area contributed by atoms with E-state index in [1.165, 1.54) is 12.3 Å². The molecule has 0 aliphatic carbocycles. The van der Waals surface area contributed by atoms with Gasteiger partial charge in [0.2, 0.25) is 0 Å². The molecule has 5 heteroatoms. The monoisotopic (exact) mass is 163 g/mol. The van der Waals surface area contributed by atoms with E-state index in [1.807, 2.05) is 0 Å². The van der Waals surface area contributed by atoms with Crippen LogP contribution in [-0.2, 0) is 0 Å². The third kappa shape index (κ3) is 0.763. The van der Waals surface area contributed by atoms with Crippen molar-refractivity contribution in [1.82, 2.24) is 4.98 Å². The zero-order valence-electron chi connectivity index (χ0n) is 6.02. The molecule has 0 unspecified atom stereocenters.